The lowest BCUT2D eigenvalue weighted by Crippen LogP contribution is -2.40. The predicted octanol–water partition coefficient (Wildman–Crippen LogP) is 4.38. The molecular formula is C30H35NO11S. The van der Waals surface area contributed by atoms with Gasteiger partial charge in [0, 0.05) is 11.1 Å². The Bertz CT molecular complexity index is 1600. The fourth-order valence-electron chi connectivity index (χ4n) is 3.86. The van der Waals surface area contributed by atoms with E-state index >= 15 is 0 Å². The molecule has 0 radical (unpaired) electrons. The number of aliphatic hydroxyl groups excluding tert-OH is 1. The zero-order chi connectivity index (χ0) is 32.2. The van der Waals surface area contributed by atoms with Crippen molar-refractivity contribution >= 4 is 33.7 Å². The van der Waals surface area contributed by atoms with Crippen LogP contribution >= 0.6 is 0 Å². The molecule has 12 nitrogen and oxygen atoms in total. The van der Waals surface area contributed by atoms with Gasteiger partial charge < -0.3 is 33.2 Å². The molecule has 1 heterocycles. The van der Waals surface area contributed by atoms with Crippen molar-refractivity contribution in [2.24, 2.45) is 0 Å². The molecular weight excluding hydrogens is 582 g/mol. The van der Waals surface area contributed by atoms with E-state index in [2.05, 4.69) is 5.32 Å². The standard InChI is InChI=1S/C30H35NO11S/c1-18-8-10-19(11-9-18)43(36,37)42-25-21(20-14-15-39-23(20)16-32)12-13-22(24(25)26(33)38-7)31-17-30(5,6)41-28(35)27(34)40-29(2,3)4/h8-15,31-32H,16-17H2,1-7H3. The summed E-state index contributed by atoms with van der Waals surface area (Å²) < 4.78 is 53.1. The highest BCUT2D eigenvalue weighted by Crippen LogP contribution is 2.41. The smallest absolute Gasteiger partial charge is 0.418 e. The highest BCUT2D eigenvalue weighted by molar-refractivity contribution is 7.87. The molecule has 1 aromatic heterocycles. The molecule has 3 aromatic rings. The number of carbonyl (C=O) groups is 3. The van der Waals surface area contributed by atoms with E-state index in [0.717, 1.165) is 12.7 Å². The molecule has 232 valence electrons. The number of nitrogens with one attached hydrogen (secondary N) is 1. The van der Waals surface area contributed by atoms with Gasteiger partial charge in [0.1, 0.15) is 34.0 Å². The van der Waals surface area contributed by atoms with Crippen molar-refractivity contribution in [2.75, 3.05) is 19.0 Å². The Hall–Kier alpha value is -4.36. The zero-order valence-electron chi connectivity index (χ0n) is 25.0. The van der Waals surface area contributed by atoms with E-state index in [1.54, 1.807) is 39.8 Å². The Morgan fingerprint density at radius 1 is 0.907 bits per heavy atom. The van der Waals surface area contributed by atoms with E-state index in [-0.39, 0.29) is 39.6 Å². The summed E-state index contributed by atoms with van der Waals surface area (Å²) in [6, 6.07) is 10.3. The van der Waals surface area contributed by atoms with Crippen LogP contribution in [-0.2, 0) is 40.5 Å². The van der Waals surface area contributed by atoms with Crippen LogP contribution < -0.4 is 9.50 Å². The Balaban J connectivity index is 2.07. The topological polar surface area (TPSA) is 168 Å². The fourth-order valence-corrected chi connectivity index (χ4v) is 4.81. The first-order chi connectivity index (χ1) is 20.0. The van der Waals surface area contributed by atoms with E-state index in [9.17, 15) is 27.9 Å². The van der Waals surface area contributed by atoms with Gasteiger partial charge in [-0.3, -0.25) is 0 Å². The van der Waals surface area contributed by atoms with Crippen LogP contribution in [0.2, 0.25) is 0 Å². The molecule has 0 unspecified atom stereocenters. The molecule has 2 N–H and O–H groups in total. The maximum absolute atomic E-state index is 13.4. The summed E-state index contributed by atoms with van der Waals surface area (Å²) in [6.45, 7) is 9.00. The second-order valence-corrected chi connectivity index (χ2v) is 12.7. The predicted molar refractivity (Wildman–Crippen MR) is 155 cm³/mol. The van der Waals surface area contributed by atoms with Crippen molar-refractivity contribution in [3.63, 3.8) is 0 Å². The molecule has 0 saturated heterocycles. The van der Waals surface area contributed by atoms with Crippen LogP contribution in [0.5, 0.6) is 5.75 Å². The summed E-state index contributed by atoms with van der Waals surface area (Å²) in [7, 11) is -3.37. The summed E-state index contributed by atoms with van der Waals surface area (Å²) in [5.41, 5.74) is -1.22. The van der Waals surface area contributed by atoms with Gasteiger partial charge in [0.25, 0.3) is 0 Å². The molecule has 0 atom stereocenters. The summed E-state index contributed by atoms with van der Waals surface area (Å²) in [6.07, 6.45) is 1.30. The molecule has 0 aliphatic carbocycles. The molecule has 43 heavy (non-hydrogen) atoms. The minimum atomic E-state index is -4.48. The number of ether oxygens (including phenoxy) is 3. The second kappa shape index (κ2) is 12.9. The summed E-state index contributed by atoms with van der Waals surface area (Å²) in [5.74, 6) is -3.62. The first-order valence-corrected chi connectivity index (χ1v) is 14.5. The van der Waals surface area contributed by atoms with Gasteiger partial charge >= 0.3 is 28.0 Å². The van der Waals surface area contributed by atoms with Crippen LogP contribution in [0.3, 0.4) is 0 Å². The van der Waals surface area contributed by atoms with Crippen molar-refractivity contribution in [3.05, 3.63) is 65.6 Å². The molecule has 0 spiro atoms. The van der Waals surface area contributed by atoms with Crippen LogP contribution in [-0.4, -0.2) is 56.3 Å². The fraction of sp³-hybridized carbons (Fsp3) is 0.367. The molecule has 0 fully saturated rings. The normalized spacial score (nSPS) is 11.9. The lowest BCUT2D eigenvalue weighted by Gasteiger charge is -2.27. The molecule has 0 aliphatic rings. The van der Waals surface area contributed by atoms with Crippen molar-refractivity contribution in [1.82, 2.24) is 0 Å². The number of benzene rings is 2. The van der Waals surface area contributed by atoms with Crippen LogP contribution in [0.1, 0.15) is 56.3 Å². The van der Waals surface area contributed by atoms with Crippen LogP contribution in [0.4, 0.5) is 5.69 Å². The number of methoxy groups -OCH3 is 1. The molecule has 0 saturated carbocycles. The average molecular weight is 618 g/mol. The Morgan fingerprint density at radius 2 is 1.53 bits per heavy atom. The van der Waals surface area contributed by atoms with E-state index in [1.807, 2.05) is 0 Å². The van der Waals surface area contributed by atoms with Crippen molar-refractivity contribution < 1.29 is 50.7 Å². The largest absolute Gasteiger partial charge is 0.466 e. The van der Waals surface area contributed by atoms with Gasteiger partial charge in [0.2, 0.25) is 0 Å². The number of aliphatic hydroxyl groups is 1. The SMILES string of the molecule is COC(=O)c1c(NCC(C)(C)OC(=O)C(=O)OC(C)(C)C)ccc(-c2ccoc2CO)c1OS(=O)(=O)c1ccc(C)cc1. The second-order valence-electron chi connectivity index (χ2n) is 11.1. The monoisotopic (exact) mass is 617 g/mol. The van der Waals surface area contributed by atoms with Gasteiger partial charge in [-0.25, -0.2) is 14.4 Å². The Morgan fingerprint density at radius 3 is 2.12 bits per heavy atom. The molecule has 0 aliphatic heterocycles. The van der Waals surface area contributed by atoms with Gasteiger partial charge in [0.15, 0.2) is 5.75 Å². The molecule has 0 amide bonds. The minimum absolute atomic E-state index is 0.0696. The number of furan rings is 1. The maximum Gasteiger partial charge on any atom is 0.418 e. The number of hydrogen-bond acceptors (Lipinski definition) is 12. The van der Waals surface area contributed by atoms with Gasteiger partial charge in [0.05, 0.1) is 25.6 Å². The number of rotatable bonds is 10. The van der Waals surface area contributed by atoms with Gasteiger partial charge in [-0.1, -0.05) is 17.7 Å². The highest BCUT2D eigenvalue weighted by atomic mass is 32.2. The molecule has 0 bridgehead atoms. The third-order valence-corrected chi connectivity index (χ3v) is 7.10. The maximum atomic E-state index is 13.4. The van der Waals surface area contributed by atoms with Crippen molar-refractivity contribution in [1.29, 1.82) is 0 Å². The van der Waals surface area contributed by atoms with Crippen molar-refractivity contribution in [2.45, 2.75) is 64.2 Å². The number of carbonyl (C=O) groups excluding carboxylic acids is 3. The van der Waals surface area contributed by atoms with Gasteiger partial charge in [-0.15, -0.1) is 0 Å². The molecule has 13 heteroatoms. The summed E-state index contributed by atoms with van der Waals surface area (Å²) >= 11 is 0. The van der Waals surface area contributed by atoms with Crippen molar-refractivity contribution in [3.8, 4) is 16.9 Å². The minimum Gasteiger partial charge on any atom is -0.466 e. The quantitative estimate of drug-likeness (QED) is 0.143. The lowest BCUT2D eigenvalue weighted by molar-refractivity contribution is -0.181. The van der Waals surface area contributed by atoms with Crippen LogP contribution in [0, 0.1) is 6.92 Å². The Labute approximate surface area is 250 Å². The van der Waals surface area contributed by atoms with Crippen LogP contribution in [0.15, 0.2) is 58.0 Å². The molecule has 2 aromatic carbocycles. The Kier molecular flexibility index (Phi) is 9.93. The number of esters is 3. The number of aryl methyl sites for hydroxylation is 1. The zero-order valence-corrected chi connectivity index (χ0v) is 25.8. The van der Waals surface area contributed by atoms with Gasteiger partial charge in [-0.2, -0.15) is 8.42 Å². The first-order valence-electron chi connectivity index (χ1n) is 13.1. The number of anilines is 1. The third kappa shape index (κ3) is 8.36. The average Bonchev–Trinajstić information content (AvgIpc) is 3.39. The number of hydrogen-bond donors (Lipinski definition) is 2. The highest BCUT2D eigenvalue weighted by Gasteiger charge is 2.33. The van der Waals surface area contributed by atoms with E-state index in [4.69, 9.17) is 22.8 Å². The van der Waals surface area contributed by atoms with E-state index in [0.29, 0.717) is 0 Å². The lowest BCUT2D eigenvalue weighted by atomic mass is 9.99. The summed E-state index contributed by atoms with van der Waals surface area (Å²) in [5, 5.41) is 12.7. The van der Waals surface area contributed by atoms with E-state index < -0.39 is 51.6 Å². The van der Waals surface area contributed by atoms with Crippen LogP contribution in [0.25, 0.3) is 11.1 Å². The molecule has 3 rings (SSSR count). The van der Waals surface area contributed by atoms with Gasteiger partial charge in [-0.05, 0) is 71.9 Å². The van der Waals surface area contributed by atoms with E-state index in [1.165, 1.54) is 50.4 Å². The third-order valence-electron chi connectivity index (χ3n) is 5.87. The summed E-state index contributed by atoms with van der Waals surface area (Å²) in [4.78, 5) is 37.5. The first kappa shape index (κ1) is 33.1.